The lowest BCUT2D eigenvalue weighted by Crippen LogP contribution is -2.01. The van der Waals surface area contributed by atoms with Gasteiger partial charge >= 0.3 is 0 Å². The van der Waals surface area contributed by atoms with Crippen molar-refractivity contribution in [3.63, 3.8) is 0 Å². The van der Waals surface area contributed by atoms with Crippen LogP contribution in [0.25, 0.3) is 5.69 Å². The minimum absolute atomic E-state index is 0.560. The highest BCUT2D eigenvalue weighted by Gasteiger charge is 2.08. The molecule has 1 heterocycles. The Balaban J connectivity index is 1.71. The zero-order chi connectivity index (χ0) is 15.4. The van der Waals surface area contributed by atoms with Crippen LogP contribution in [0.5, 0.6) is 0 Å². The highest BCUT2D eigenvalue weighted by molar-refractivity contribution is 7.98. The second-order valence-corrected chi connectivity index (χ2v) is 6.40. The van der Waals surface area contributed by atoms with E-state index in [4.69, 9.17) is 0 Å². The van der Waals surface area contributed by atoms with Crippen LogP contribution in [0.4, 0.5) is 0 Å². The molecule has 0 amide bonds. The van der Waals surface area contributed by atoms with Crippen molar-refractivity contribution in [2.45, 2.75) is 30.4 Å². The fraction of sp³-hybridized carbons (Fsp3) is 0.235. The number of rotatable bonds is 5. The lowest BCUT2D eigenvalue weighted by Gasteiger charge is -2.07. The van der Waals surface area contributed by atoms with Gasteiger partial charge in [0.1, 0.15) is 0 Å². The van der Waals surface area contributed by atoms with Gasteiger partial charge in [0.15, 0.2) is 5.82 Å². The number of hydrogen-bond acceptors (Lipinski definition) is 4. The zero-order valence-corrected chi connectivity index (χ0v) is 13.5. The Morgan fingerprint density at radius 2 is 1.73 bits per heavy atom. The Bertz CT molecular complexity index is 720. The van der Waals surface area contributed by atoms with Crippen molar-refractivity contribution in [3.8, 4) is 5.69 Å². The standard InChI is InChI=1S/C17H18N4S/c1-13(2)14-8-10-16(11-9-14)22-12-17-18-19-20-21(17)15-6-4-3-5-7-15/h3-11,13H,12H2,1-2H3. The smallest absolute Gasteiger partial charge is 0.166 e. The first-order valence-electron chi connectivity index (χ1n) is 7.29. The third-order valence-electron chi connectivity index (χ3n) is 3.45. The van der Waals surface area contributed by atoms with E-state index in [2.05, 4.69) is 53.6 Å². The fourth-order valence-corrected chi connectivity index (χ4v) is 2.97. The predicted molar refractivity (Wildman–Crippen MR) is 89.2 cm³/mol. The van der Waals surface area contributed by atoms with Crippen LogP contribution in [0.1, 0.15) is 31.2 Å². The van der Waals surface area contributed by atoms with Crippen molar-refractivity contribution < 1.29 is 0 Å². The lowest BCUT2D eigenvalue weighted by atomic mass is 10.0. The van der Waals surface area contributed by atoms with Crippen LogP contribution in [0.3, 0.4) is 0 Å². The first-order valence-corrected chi connectivity index (χ1v) is 8.28. The van der Waals surface area contributed by atoms with Gasteiger partial charge in [-0.15, -0.1) is 16.9 Å². The molecule has 0 aliphatic heterocycles. The van der Waals surface area contributed by atoms with Gasteiger partial charge in [-0.3, -0.25) is 0 Å². The molecular weight excluding hydrogens is 292 g/mol. The van der Waals surface area contributed by atoms with Crippen LogP contribution in [0, 0.1) is 0 Å². The van der Waals surface area contributed by atoms with Crippen molar-refractivity contribution in [1.29, 1.82) is 0 Å². The van der Waals surface area contributed by atoms with Crippen LogP contribution < -0.4 is 0 Å². The molecule has 5 heteroatoms. The molecule has 0 unspecified atom stereocenters. The van der Waals surface area contributed by atoms with Gasteiger partial charge in [-0.1, -0.05) is 44.2 Å². The van der Waals surface area contributed by atoms with Crippen LogP contribution in [0.15, 0.2) is 59.5 Å². The largest absolute Gasteiger partial charge is 0.196 e. The molecule has 0 spiro atoms. The summed E-state index contributed by atoms with van der Waals surface area (Å²) in [7, 11) is 0. The lowest BCUT2D eigenvalue weighted by molar-refractivity contribution is 0.777. The number of para-hydroxylation sites is 1. The minimum Gasteiger partial charge on any atom is -0.196 e. The summed E-state index contributed by atoms with van der Waals surface area (Å²) >= 11 is 1.74. The monoisotopic (exact) mass is 310 g/mol. The molecule has 0 saturated carbocycles. The van der Waals surface area contributed by atoms with Crippen molar-refractivity contribution >= 4 is 11.8 Å². The van der Waals surface area contributed by atoms with E-state index in [1.54, 1.807) is 16.4 Å². The number of hydrogen-bond donors (Lipinski definition) is 0. The van der Waals surface area contributed by atoms with Gasteiger partial charge in [-0.2, -0.15) is 4.68 Å². The average molecular weight is 310 g/mol. The fourth-order valence-electron chi connectivity index (χ4n) is 2.16. The van der Waals surface area contributed by atoms with Crippen molar-refractivity contribution in [2.75, 3.05) is 0 Å². The number of tetrazole rings is 1. The van der Waals surface area contributed by atoms with Crippen molar-refractivity contribution in [2.24, 2.45) is 0 Å². The molecule has 3 aromatic rings. The first-order chi connectivity index (χ1) is 10.7. The quantitative estimate of drug-likeness (QED) is 0.666. The summed E-state index contributed by atoms with van der Waals surface area (Å²) in [6.07, 6.45) is 0. The third-order valence-corrected chi connectivity index (χ3v) is 4.46. The third kappa shape index (κ3) is 3.36. The molecule has 2 aromatic carbocycles. The van der Waals surface area contributed by atoms with Gasteiger partial charge in [-0.25, -0.2) is 0 Å². The van der Waals surface area contributed by atoms with E-state index in [1.807, 2.05) is 30.3 Å². The topological polar surface area (TPSA) is 43.6 Å². The van der Waals surface area contributed by atoms with Gasteiger partial charge in [0.05, 0.1) is 11.4 Å². The Hall–Kier alpha value is -2.14. The van der Waals surface area contributed by atoms with Gasteiger partial charge in [0.25, 0.3) is 0 Å². The van der Waals surface area contributed by atoms with Crippen LogP contribution >= 0.6 is 11.8 Å². The molecule has 0 radical (unpaired) electrons. The maximum absolute atomic E-state index is 4.13. The maximum atomic E-state index is 4.13. The van der Waals surface area contributed by atoms with Gasteiger partial charge in [0.2, 0.25) is 0 Å². The number of thioether (sulfide) groups is 1. The molecule has 1 aromatic heterocycles. The molecule has 112 valence electrons. The Morgan fingerprint density at radius 1 is 1.00 bits per heavy atom. The number of nitrogens with zero attached hydrogens (tertiary/aromatic N) is 4. The second kappa shape index (κ2) is 6.75. The van der Waals surface area contributed by atoms with E-state index in [1.165, 1.54) is 10.5 Å². The molecule has 0 N–H and O–H groups in total. The zero-order valence-electron chi connectivity index (χ0n) is 12.7. The highest BCUT2D eigenvalue weighted by Crippen LogP contribution is 2.24. The Morgan fingerprint density at radius 3 is 2.41 bits per heavy atom. The SMILES string of the molecule is CC(C)c1ccc(SCc2nnnn2-c2ccccc2)cc1. The summed E-state index contributed by atoms with van der Waals surface area (Å²) in [6.45, 7) is 4.41. The second-order valence-electron chi connectivity index (χ2n) is 5.35. The molecule has 0 aliphatic carbocycles. The van der Waals surface area contributed by atoms with E-state index in [0.29, 0.717) is 5.92 Å². The Labute approximate surface area is 134 Å². The van der Waals surface area contributed by atoms with Gasteiger partial charge in [-0.05, 0) is 46.2 Å². The highest BCUT2D eigenvalue weighted by atomic mass is 32.2. The first kappa shape index (κ1) is 14.8. The normalized spacial score (nSPS) is 11.0. The van der Waals surface area contributed by atoms with Crippen molar-refractivity contribution in [3.05, 3.63) is 66.0 Å². The molecule has 3 rings (SSSR count). The minimum atomic E-state index is 0.560. The summed E-state index contributed by atoms with van der Waals surface area (Å²) in [5, 5.41) is 12.0. The molecule has 0 bridgehead atoms. The molecular formula is C17H18N4S. The summed E-state index contributed by atoms with van der Waals surface area (Å²) < 4.78 is 1.79. The van der Waals surface area contributed by atoms with Crippen LogP contribution in [0.2, 0.25) is 0 Å². The predicted octanol–water partition coefficient (Wildman–Crippen LogP) is 4.08. The summed E-state index contributed by atoms with van der Waals surface area (Å²) in [5.41, 5.74) is 2.34. The molecule has 0 atom stereocenters. The summed E-state index contributed by atoms with van der Waals surface area (Å²) in [4.78, 5) is 1.23. The van der Waals surface area contributed by atoms with Gasteiger partial charge < -0.3 is 0 Å². The summed E-state index contributed by atoms with van der Waals surface area (Å²) in [5.74, 6) is 2.15. The van der Waals surface area contributed by atoms with E-state index in [0.717, 1.165) is 17.3 Å². The average Bonchev–Trinajstić information content (AvgIpc) is 3.02. The molecule has 0 aliphatic rings. The van der Waals surface area contributed by atoms with Crippen LogP contribution in [-0.2, 0) is 5.75 Å². The number of benzene rings is 2. The van der Waals surface area contributed by atoms with E-state index in [-0.39, 0.29) is 0 Å². The Kier molecular flexibility index (Phi) is 4.53. The maximum Gasteiger partial charge on any atom is 0.166 e. The van der Waals surface area contributed by atoms with E-state index < -0.39 is 0 Å². The molecule has 0 fully saturated rings. The number of aromatic nitrogens is 4. The van der Waals surface area contributed by atoms with E-state index in [9.17, 15) is 0 Å². The van der Waals surface area contributed by atoms with E-state index >= 15 is 0 Å². The van der Waals surface area contributed by atoms with Crippen molar-refractivity contribution in [1.82, 2.24) is 20.2 Å². The summed E-state index contributed by atoms with van der Waals surface area (Å²) in [6, 6.07) is 18.7. The van der Waals surface area contributed by atoms with Crippen LogP contribution in [-0.4, -0.2) is 20.2 Å². The molecule has 22 heavy (non-hydrogen) atoms. The molecule has 4 nitrogen and oxygen atoms in total. The van der Waals surface area contributed by atoms with Gasteiger partial charge in [0, 0.05) is 4.90 Å². The molecule has 0 saturated heterocycles.